The number of pyridine rings is 1. The van der Waals surface area contributed by atoms with E-state index in [9.17, 15) is 9.59 Å². The molecule has 0 aliphatic carbocycles. The van der Waals surface area contributed by atoms with Gasteiger partial charge in [0, 0.05) is 18.1 Å². The van der Waals surface area contributed by atoms with Crippen LogP contribution in [0, 0.1) is 0 Å². The summed E-state index contributed by atoms with van der Waals surface area (Å²) in [4.78, 5) is 31.3. The maximum Gasteiger partial charge on any atom is 0.264 e. The summed E-state index contributed by atoms with van der Waals surface area (Å²) < 4.78 is 8.47. The van der Waals surface area contributed by atoms with E-state index in [0.717, 1.165) is 0 Å². The highest BCUT2D eigenvalue weighted by molar-refractivity contribution is 6.35. The number of benzene rings is 2. The summed E-state index contributed by atoms with van der Waals surface area (Å²) in [5.41, 5.74) is 7.25. The Bertz CT molecular complexity index is 1660. The van der Waals surface area contributed by atoms with Crippen LogP contribution in [0.3, 0.4) is 0 Å². The molecule has 9 nitrogen and oxygen atoms in total. The number of nitrogens with zero attached hydrogens (tertiary/aromatic N) is 4. The molecule has 0 bridgehead atoms. The van der Waals surface area contributed by atoms with Gasteiger partial charge in [-0.05, 0) is 42.6 Å². The van der Waals surface area contributed by atoms with Gasteiger partial charge in [-0.15, -0.1) is 5.10 Å². The molecule has 5 aromatic rings. The Kier molecular flexibility index (Phi) is 5.62. The number of hydrogen-bond acceptors (Lipinski definition) is 6. The van der Waals surface area contributed by atoms with Gasteiger partial charge in [-0.2, -0.15) is 0 Å². The number of amides is 1. The first kappa shape index (κ1) is 22.4. The molecule has 0 unspecified atom stereocenters. The van der Waals surface area contributed by atoms with Gasteiger partial charge in [0.15, 0.2) is 11.5 Å². The molecular weight excluding hydrogens is 468 g/mol. The third-order valence-corrected chi connectivity index (χ3v) is 6.11. The van der Waals surface area contributed by atoms with E-state index in [1.165, 1.54) is 16.2 Å². The summed E-state index contributed by atoms with van der Waals surface area (Å²) in [6.07, 6.45) is 3.22. The number of rotatable bonds is 5. The number of nitrogens with one attached hydrogen (secondary N) is 1. The molecule has 1 atom stereocenters. The minimum Gasteiger partial charge on any atom is -0.495 e. The summed E-state index contributed by atoms with van der Waals surface area (Å²) in [7, 11) is 1.53. The molecule has 3 N–H and O–H groups in total. The van der Waals surface area contributed by atoms with Crippen molar-refractivity contribution in [1.82, 2.24) is 24.5 Å². The van der Waals surface area contributed by atoms with Gasteiger partial charge in [-0.1, -0.05) is 35.9 Å². The number of ether oxygens (including phenoxy) is 1. The Morgan fingerprint density at radius 3 is 2.77 bits per heavy atom. The van der Waals surface area contributed by atoms with E-state index in [1.807, 2.05) is 12.1 Å². The average Bonchev–Trinajstić information content (AvgIpc) is 3.19. The van der Waals surface area contributed by atoms with Gasteiger partial charge < -0.3 is 15.8 Å². The fourth-order valence-electron chi connectivity index (χ4n) is 4.19. The van der Waals surface area contributed by atoms with E-state index in [1.54, 1.807) is 61.8 Å². The number of carbonyl (C=O) groups is 1. The molecule has 0 saturated carbocycles. The molecule has 35 heavy (non-hydrogen) atoms. The monoisotopic (exact) mass is 488 g/mol. The number of methoxy groups -OCH3 is 1. The molecule has 0 radical (unpaired) electrons. The number of nitrogen functional groups attached to an aromatic ring is 1. The van der Waals surface area contributed by atoms with Crippen LogP contribution in [0.25, 0.3) is 22.1 Å². The van der Waals surface area contributed by atoms with Gasteiger partial charge in [0.25, 0.3) is 11.5 Å². The molecule has 1 amide bonds. The molecule has 10 heteroatoms. The smallest absolute Gasteiger partial charge is 0.264 e. The number of fused-ring (bicyclic) bond motifs is 2. The zero-order valence-electron chi connectivity index (χ0n) is 18.9. The van der Waals surface area contributed by atoms with Gasteiger partial charge in [-0.3, -0.25) is 14.2 Å². The topological polar surface area (TPSA) is 117 Å². The third-order valence-electron chi connectivity index (χ3n) is 5.79. The second-order valence-electron chi connectivity index (χ2n) is 7.93. The van der Waals surface area contributed by atoms with Crippen molar-refractivity contribution in [3.63, 3.8) is 0 Å². The van der Waals surface area contributed by atoms with E-state index in [2.05, 4.69) is 15.4 Å². The van der Waals surface area contributed by atoms with Crippen LogP contribution < -0.4 is 21.3 Å². The first-order valence-electron chi connectivity index (χ1n) is 10.8. The summed E-state index contributed by atoms with van der Waals surface area (Å²) in [5.74, 6) is 0.0894. The van der Waals surface area contributed by atoms with Crippen LogP contribution in [0.5, 0.6) is 5.75 Å². The molecule has 5 rings (SSSR count). The normalized spacial score (nSPS) is 12.1. The highest BCUT2D eigenvalue weighted by atomic mass is 35.5. The maximum absolute atomic E-state index is 13.8. The molecule has 2 aromatic carbocycles. The van der Waals surface area contributed by atoms with E-state index in [0.29, 0.717) is 38.6 Å². The highest BCUT2D eigenvalue weighted by Gasteiger charge is 2.24. The summed E-state index contributed by atoms with van der Waals surface area (Å²) in [6, 6.07) is 15.3. The minimum atomic E-state index is -0.610. The van der Waals surface area contributed by atoms with Crippen molar-refractivity contribution >= 4 is 39.7 Å². The first-order valence-corrected chi connectivity index (χ1v) is 11.2. The lowest BCUT2D eigenvalue weighted by atomic mass is 10.1. The Morgan fingerprint density at radius 2 is 1.97 bits per heavy atom. The van der Waals surface area contributed by atoms with E-state index in [4.69, 9.17) is 22.1 Å². The second kappa shape index (κ2) is 8.77. The number of para-hydroxylation sites is 2. The standard InChI is InChI=1S/C25H21ClN6O3/c1-14(29-24(33)21-22(27)30-31-12-6-11-28-23(21)31)18-13-15-7-5-8-16(26)20(15)25(34)32(18)17-9-3-4-10-19(17)35-2/h3-14H,1-2H3,(H2,27,30)(H,29,33)/t14-/m0/s1. The number of carbonyl (C=O) groups excluding carboxylic acids is 1. The van der Waals surface area contributed by atoms with Crippen LogP contribution in [0.15, 0.2) is 71.8 Å². The summed E-state index contributed by atoms with van der Waals surface area (Å²) >= 11 is 6.41. The third kappa shape index (κ3) is 3.75. The minimum absolute atomic E-state index is 0.0563. The summed E-state index contributed by atoms with van der Waals surface area (Å²) in [6.45, 7) is 1.78. The number of anilines is 1. The Balaban J connectivity index is 1.67. The lowest BCUT2D eigenvalue weighted by Gasteiger charge is -2.22. The van der Waals surface area contributed by atoms with Gasteiger partial charge >= 0.3 is 0 Å². The van der Waals surface area contributed by atoms with E-state index in [-0.39, 0.29) is 16.9 Å². The average molecular weight is 489 g/mol. The van der Waals surface area contributed by atoms with E-state index >= 15 is 0 Å². The van der Waals surface area contributed by atoms with Crippen molar-refractivity contribution in [3.05, 3.63) is 93.6 Å². The highest BCUT2D eigenvalue weighted by Crippen LogP contribution is 2.29. The Morgan fingerprint density at radius 1 is 1.17 bits per heavy atom. The quantitative estimate of drug-likeness (QED) is 0.389. The lowest BCUT2D eigenvalue weighted by Crippen LogP contribution is -2.32. The van der Waals surface area contributed by atoms with Gasteiger partial charge in [-0.25, -0.2) is 9.50 Å². The summed E-state index contributed by atoms with van der Waals surface area (Å²) in [5, 5.41) is 8.46. The fourth-order valence-corrected chi connectivity index (χ4v) is 4.45. The zero-order chi connectivity index (χ0) is 24.7. The lowest BCUT2D eigenvalue weighted by molar-refractivity contribution is 0.0941. The van der Waals surface area contributed by atoms with Crippen LogP contribution in [-0.4, -0.2) is 32.2 Å². The molecule has 176 valence electrons. The number of aromatic nitrogens is 4. The molecule has 0 saturated heterocycles. The van der Waals surface area contributed by atoms with Crippen LogP contribution in [-0.2, 0) is 0 Å². The molecule has 0 spiro atoms. The molecule has 0 fully saturated rings. The van der Waals surface area contributed by atoms with Crippen molar-refractivity contribution in [2.45, 2.75) is 13.0 Å². The van der Waals surface area contributed by atoms with Gasteiger partial charge in [0.2, 0.25) is 0 Å². The van der Waals surface area contributed by atoms with Crippen LogP contribution in [0.1, 0.15) is 29.0 Å². The largest absolute Gasteiger partial charge is 0.495 e. The molecular formula is C25H21ClN6O3. The fraction of sp³-hybridized carbons (Fsp3) is 0.120. The van der Waals surface area contributed by atoms with Gasteiger partial charge in [0.1, 0.15) is 11.3 Å². The Labute approximate surface area is 204 Å². The van der Waals surface area contributed by atoms with E-state index < -0.39 is 11.9 Å². The number of nitrogens with two attached hydrogens (primary N) is 1. The van der Waals surface area contributed by atoms with Crippen LogP contribution in [0.4, 0.5) is 5.82 Å². The predicted molar refractivity (Wildman–Crippen MR) is 134 cm³/mol. The van der Waals surface area contributed by atoms with Crippen LogP contribution >= 0.6 is 11.6 Å². The number of hydrogen-bond donors (Lipinski definition) is 2. The zero-order valence-corrected chi connectivity index (χ0v) is 19.7. The van der Waals surface area contributed by atoms with Crippen molar-refractivity contribution in [2.24, 2.45) is 0 Å². The molecule has 3 aromatic heterocycles. The molecule has 0 aliphatic rings. The molecule has 0 aliphatic heterocycles. The Hall–Kier alpha value is -4.37. The van der Waals surface area contributed by atoms with Crippen molar-refractivity contribution < 1.29 is 9.53 Å². The van der Waals surface area contributed by atoms with Crippen LogP contribution in [0.2, 0.25) is 5.02 Å². The van der Waals surface area contributed by atoms with Gasteiger partial charge in [0.05, 0.1) is 29.2 Å². The molecule has 3 heterocycles. The van der Waals surface area contributed by atoms with Crippen molar-refractivity contribution in [2.75, 3.05) is 12.8 Å². The second-order valence-corrected chi connectivity index (χ2v) is 8.34. The van der Waals surface area contributed by atoms with Crippen molar-refractivity contribution in [1.29, 1.82) is 0 Å². The maximum atomic E-state index is 13.8. The SMILES string of the molecule is COc1ccccc1-n1c([C@H](C)NC(=O)c2c(N)nn3cccnc23)cc2cccc(Cl)c2c1=O. The predicted octanol–water partition coefficient (Wildman–Crippen LogP) is 3.77. The van der Waals surface area contributed by atoms with Crippen molar-refractivity contribution in [3.8, 4) is 11.4 Å². The number of halogens is 1. The first-order chi connectivity index (χ1) is 16.9.